The minimum Gasteiger partial charge on any atom is -0.475 e. The van der Waals surface area contributed by atoms with Crippen molar-refractivity contribution in [3.8, 4) is 0 Å². The summed E-state index contributed by atoms with van der Waals surface area (Å²) in [5.74, 6) is -1.37. The number of halogens is 1. The number of carbonyl (C=O) groups is 1. The van der Waals surface area contributed by atoms with Crippen molar-refractivity contribution in [1.29, 1.82) is 0 Å². The second-order valence-electron chi connectivity index (χ2n) is 4.86. The van der Waals surface area contributed by atoms with Crippen molar-refractivity contribution in [3.63, 3.8) is 0 Å². The molecule has 9 heteroatoms. The summed E-state index contributed by atoms with van der Waals surface area (Å²) in [6.07, 6.45) is 1.43. The second-order valence-corrected chi connectivity index (χ2v) is 7.48. The molecule has 7 nitrogen and oxygen atoms in total. The number of piperidine rings is 1. The molecule has 0 aromatic carbocycles. The molecule has 1 N–H and O–H groups in total. The van der Waals surface area contributed by atoms with Gasteiger partial charge in [0.15, 0.2) is 4.67 Å². The molecule has 1 aromatic heterocycles. The molecular weight excluding hydrogens is 366 g/mol. The van der Waals surface area contributed by atoms with Crippen molar-refractivity contribution in [3.05, 3.63) is 16.5 Å². The van der Waals surface area contributed by atoms with Crippen LogP contribution >= 0.6 is 15.9 Å². The van der Waals surface area contributed by atoms with E-state index in [4.69, 9.17) is 14.3 Å². The molecule has 0 saturated carbocycles. The van der Waals surface area contributed by atoms with Gasteiger partial charge in [-0.3, -0.25) is 0 Å². The van der Waals surface area contributed by atoms with Crippen LogP contribution in [0.25, 0.3) is 0 Å². The molecule has 1 aliphatic rings. The normalized spacial score (nSPS) is 18.0. The van der Waals surface area contributed by atoms with Gasteiger partial charge in [0.25, 0.3) is 0 Å². The lowest BCUT2D eigenvalue weighted by Gasteiger charge is -2.30. The minimum atomic E-state index is -3.76. The van der Waals surface area contributed by atoms with Crippen LogP contribution in [0.4, 0.5) is 0 Å². The highest BCUT2D eigenvalue weighted by Gasteiger charge is 2.33. The number of furan rings is 1. The summed E-state index contributed by atoms with van der Waals surface area (Å²) in [6.45, 7) is 1.39. The molecule has 0 bridgehead atoms. The summed E-state index contributed by atoms with van der Waals surface area (Å²) in [5.41, 5.74) is 0. The average molecular weight is 382 g/mol. The standard InChI is InChI=1S/C12H16BrNO6S/c1-19-7-8-2-4-14(5-3-8)21(17,18)10-6-9(12(15)16)20-11(10)13/h6,8H,2-5,7H2,1H3,(H,15,16). The van der Waals surface area contributed by atoms with E-state index in [2.05, 4.69) is 15.9 Å². The Bertz CT molecular complexity index is 618. The van der Waals surface area contributed by atoms with Gasteiger partial charge in [0.05, 0.1) is 0 Å². The fraction of sp³-hybridized carbons (Fsp3) is 0.583. The third-order valence-corrected chi connectivity index (χ3v) is 6.22. The molecule has 0 unspecified atom stereocenters. The molecular formula is C12H16BrNO6S. The third kappa shape index (κ3) is 3.47. The summed E-state index contributed by atoms with van der Waals surface area (Å²) in [6, 6.07) is 1.03. The van der Waals surface area contributed by atoms with Gasteiger partial charge in [-0.25, -0.2) is 13.2 Å². The number of hydrogen-bond donors (Lipinski definition) is 1. The highest BCUT2D eigenvalue weighted by atomic mass is 79.9. The van der Waals surface area contributed by atoms with Gasteiger partial charge < -0.3 is 14.3 Å². The summed E-state index contributed by atoms with van der Waals surface area (Å²) in [7, 11) is -2.13. The van der Waals surface area contributed by atoms with Crippen LogP contribution in [0.2, 0.25) is 0 Å². The van der Waals surface area contributed by atoms with Crippen molar-refractivity contribution in [2.45, 2.75) is 17.7 Å². The zero-order chi connectivity index (χ0) is 15.6. The molecule has 0 atom stereocenters. The topological polar surface area (TPSA) is 97.0 Å². The Morgan fingerprint density at radius 1 is 1.52 bits per heavy atom. The average Bonchev–Trinajstić information content (AvgIpc) is 2.83. The Labute approximate surface area is 131 Å². The number of rotatable bonds is 5. The molecule has 0 spiro atoms. The molecule has 118 valence electrons. The van der Waals surface area contributed by atoms with Crippen LogP contribution in [0.5, 0.6) is 0 Å². The Morgan fingerprint density at radius 3 is 2.62 bits per heavy atom. The van der Waals surface area contributed by atoms with Crippen LogP contribution in [-0.4, -0.2) is 50.6 Å². The zero-order valence-electron chi connectivity index (χ0n) is 11.4. The Hall–Kier alpha value is -0.900. The van der Waals surface area contributed by atoms with E-state index in [1.165, 1.54) is 4.31 Å². The van der Waals surface area contributed by atoms with E-state index in [1.54, 1.807) is 7.11 Å². The lowest BCUT2D eigenvalue weighted by Crippen LogP contribution is -2.39. The quantitative estimate of drug-likeness (QED) is 0.834. The van der Waals surface area contributed by atoms with Gasteiger partial charge >= 0.3 is 5.97 Å². The van der Waals surface area contributed by atoms with E-state index in [9.17, 15) is 13.2 Å². The van der Waals surface area contributed by atoms with Gasteiger partial charge in [-0.05, 0) is 34.7 Å². The number of nitrogens with zero attached hydrogens (tertiary/aromatic N) is 1. The van der Waals surface area contributed by atoms with Crippen molar-refractivity contribution in [2.75, 3.05) is 26.8 Å². The van der Waals surface area contributed by atoms with Crippen LogP contribution in [0, 0.1) is 5.92 Å². The highest BCUT2D eigenvalue weighted by molar-refractivity contribution is 9.10. The molecule has 2 heterocycles. The first-order valence-corrected chi connectivity index (χ1v) is 8.61. The lowest BCUT2D eigenvalue weighted by atomic mass is 9.99. The molecule has 1 saturated heterocycles. The number of aromatic carboxylic acids is 1. The largest absolute Gasteiger partial charge is 0.475 e. The number of methoxy groups -OCH3 is 1. The van der Waals surface area contributed by atoms with Gasteiger partial charge in [-0.15, -0.1) is 0 Å². The Kier molecular flexibility index (Phi) is 5.07. The van der Waals surface area contributed by atoms with Gasteiger partial charge in [0.2, 0.25) is 15.8 Å². The maximum atomic E-state index is 12.5. The monoisotopic (exact) mass is 381 g/mol. The third-order valence-electron chi connectivity index (χ3n) is 3.46. The molecule has 1 aromatic rings. The number of ether oxygens (including phenoxy) is 1. The number of hydrogen-bond acceptors (Lipinski definition) is 5. The van der Waals surface area contributed by atoms with Crippen LogP contribution < -0.4 is 0 Å². The Balaban J connectivity index is 2.18. The number of sulfonamides is 1. The van der Waals surface area contributed by atoms with Gasteiger partial charge in [-0.2, -0.15) is 4.31 Å². The summed E-state index contributed by atoms with van der Waals surface area (Å²) >= 11 is 2.97. The van der Waals surface area contributed by atoms with Crippen LogP contribution in [0.1, 0.15) is 23.4 Å². The van der Waals surface area contributed by atoms with Crippen molar-refractivity contribution >= 4 is 31.9 Å². The molecule has 0 radical (unpaired) electrons. The summed E-state index contributed by atoms with van der Waals surface area (Å²) in [5, 5.41) is 8.86. The molecule has 0 aliphatic carbocycles. The van der Waals surface area contributed by atoms with Crippen molar-refractivity contribution in [1.82, 2.24) is 4.31 Å². The van der Waals surface area contributed by atoms with Gasteiger partial charge in [0.1, 0.15) is 4.90 Å². The number of carboxylic acid groups (broad SMARTS) is 1. The SMILES string of the molecule is COCC1CCN(S(=O)(=O)c2cc(C(=O)O)oc2Br)CC1. The maximum Gasteiger partial charge on any atom is 0.371 e. The van der Waals surface area contributed by atoms with Crippen LogP contribution in [0.3, 0.4) is 0 Å². The summed E-state index contributed by atoms with van der Waals surface area (Å²) < 4.78 is 36.3. The fourth-order valence-electron chi connectivity index (χ4n) is 2.32. The van der Waals surface area contributed by atoms with Gasteiger partial charge in [0, 0.05) is 32.9 Å². The second kappa shape index (κ2) is 6.47. The predicted molar refractivity (Wildman–Crippen MR) is 76.7 cm³/mol. The van der Waals surface area contributed by atoms with Crippen LogP contribution in [0.15, 0.2) is 20.0 Å². The van der Waals surface area contributed by atoms with E-state index in [1.807, 2.05) is 0 Å². The van der Waals surface area contributed by atoms with Gasteiger partial charge in [-0.1, -0.05) is 0 Å². The molecule has 1 fully saturated rings. The first kappa shape index (κ1) is 16.5. The first-order chi connectivity index (χ1) is 9.86. The maximum absolute atomic E-state index is 12.5. The number of carboxylic acids is 1. The molecule has 1 aliphatic heterocycles. The fourth-order valence-corrected chi connectivity index (χ4v) is 4.70. The van der Waals surface area contributed by atoms with E-state index in [-0.39, 0.29) is 9.56 Å². The Morgan fingerprint density at radius 2 is 2.14 bits per heavy atom. The first-order valence-electron chi connectivity index (χ1n) is 6.38. The van der Waals surface area contributed by atoms with Crippen molar-refractivity contribution in [2.24, 2.45) is 5.92 Å². The van der Waals surface area contributed by atoms with E-state index in [0.29, 0.717) is 38.5 Å². The van der Waals surface area contributed by atoms with E-state index < -0.39 is 21.8 Å². The van der Waals surface area contributed by atoms with E-state index >= 15 is 0 Å². The summed E-state index contributed by atoms with van der Waals surface area (Å²) in [4.78, 5) is 10.7. The molecule has 21 heavy (non-hydrogen) atoms. The van der Waals surface area contributed by atoms with Crippen LogP contribution in [-0.2, 0) is 14.8 Å². The minimum absolute atomic E-state index is 0.0843. The van der Waals surface area contributed by atoms with E-state index in [0.717, 1.165) is 6.07 Å². The van der Waals surface area contributed by atoms with Crippen molar-refractivity contribution < 1.29 is 27.5 Å². The zero-order valence-corrected chi connectivity index (χ0v) is 13.8. The smallest absolute Gasteiger partial charge is 0.371 e. The highest BCUT2D eigenvalue weighted by Crippen LogP contribution is 2.31. The molecule has 2 rings (SSSR count). The molecule has 0 amide bonds. The predicted octanol–water partition coefficient (Wildman–Crippen LogP) is 1.79. The lowest BCUT2D eigenvalue weighted by molar-refractivity contribution is 0.0661.